The normalized spacial score (nSPS) is 22.6. The molecule has 3 aromatic rings. The van der Waals surface area contributed by atoms with Gasteiger partial charge in [-0.3, -0.25) is 0 Å². The largest absolute Gasteiger partial charge is 0.378 e. The number of benzene rings is 2. The van der Waals surface area contributed by atoms with Crippen LogP contribution in [0.25, 0.3) is 11.8 Å². The molecule has 36 heavy (non-hydrogen) atoms. The molecule has 2 aromatic carbocycles. The van der Waals surface area contributed by atoms with Gasteiger partial charge in [-0.1, -0.05) is 12.5 Å². The SMILES string of the molecule is CC12Cc3cnn(-c4ccc(F)cc4)c3C=C1CCN(S(=O)(=O)c1ccc(N3CCOCC3)cc1)C2. The average Bonchev–Trinajstić information content (AvgIpc) is 3.29. The van der Waals surface area contributed by atoms with Crippen LogP contribution in [0.4, 0.5) is 10.1 Å². The molecular formula is C27H29FN4O3S. The number of hydrogen-bond donors (Lipinski definition) is 0. The minimum absolute atomic E-state index is 0.282. The molecule has 2 saturated heterocycles. The maximum atomic E-state index is 13.6. The summed E-state index contributed by atoms with van der Waals surface area (Å²) in [7, 11) is -3.61. The summed E-state index contributed by atoms with van der Waals surface area (Å²) in [5, 5.41) is 4.55. The molecule has 2 fully saturated rings. The van der Waals surface area contributed by atoms with Crippen LogP contribution in [0, 0.1) is 11.2 Å². The quantitative estimate of drug-likeness (QED) is 0.535. The highest BCUT2D eigenvalue weighted by molar-refractivity contribution is 7.89. The van der Waals surface area contributed by atoms with E-state index >= 15 is 0 Å². The maximum absolute atomic E-state index is 13.6. The van der Waals surface area contributed by atoms with E-state index in [0.29, 0.717) is 44.0 Å². The monoisotopic (exact) mass is 508 g/mol. The number of ether oxygens (including phenoxy) is 1. The molecule has 0 radical (unpaired) electrons. The van der Waals surface area contributed by atoms with Crippen LogP contribution in [0.3, 0.4) is 0 Å². The summed E-state index contributed by atoms with van der Waals surface area (Å²) in [6.45, 7) is 6.00. The number of hydrogen-bond acceptors (Lipinski definition) is 5. The summed E-state index contributed by atoms with van der Waals surface area (Å²) in [5.41, 5.74) is 4.81. The number of piperidine rings is 1. The van der Waals surface area contributed by atoms with Gasteiger partial charge < -0.3 is 9.64 Å². The van der Waals surface area contributed by atoms with Gasteiger partial charge in [-0.25, -0.2) is 17.5 Å². The predicted molar refractivity (Wildman–Crippen MR) is 136 cm³/mol. The number of fused-ring (bicyclic) bond motifs is 2. The lowest BCUT2D eigenvalue weighted by Gasteiger charge is -2.43. The van der Waals surface area contributed by atoms with E-state index < -0.39 is 10.0 Å². The van der Waals surface area contributed by atoms with E-state index in [2.05, 4.69) is 23.0 Å². The van der Waals surface area contributed by atoms with Crippen LogP contribution in [-0.2, 0) is 21.2 Å². The first-order chi connectivity index (χ1) is 17.3. The number of sulfonamides is 1. The highest BCUT2D eigenvalue weighted by Crippen LogP contribution is 2.45. The van der Waals surface area contributed by atoms with Gasteiger partial charge in [0.2, 0.25) is 10.0 Å². The summed E-state index contributed by atoms with van der Waals surface area (Å²) in [6.07, 6.45) is 5.36. The first-order valence-electron chi connectivity index (χ1n) is 12.3. The van der Waals surface area contributed by atoms with E-state index in [1.165, 1.54) is 17.7 Å². The lowest BCUT2D eigenvalue weighted by Crippen LogP contribution is -2.47. The Morgan fingerprint density at radius 3 is 2.39 bits per heavy atom. The second kappa shape index (κ2) is 8.83. The molecule has 0 saturated carbocycles. The van der Waals surface area contributed by atoms with Crippen molar-refractivity contribution in [2.45, 2.75) is 24.7 Å². The Labute approximate surface area is 210 Å². The van der Waals surface area contributed by atoms with Crippen LogP contribution in [0.2, 0.25) is 0 Å². The molecule has 9 heteroatoms. The molecule has 1 atom stereocenters. The molecule has 3 aliphatic rings. The van der Waals surface area contributed by atoms with E-state index in [0.717, 1.165) is 35.7 Å². The molecule has 1 unspecified atom stereocenters. The lowest BCUT2D eigenvalue weighted by atomic mass is 9.70. The van der Waals surface area contributed by atoms with Crippen LogP contribution < -0.4 is 4.90 Å². The molecule has 6 rings (SSSR count). The fraction of sp³-hybridized carbons (Fsp3) is 0.370. The standard InChI is InChI=1S/C27H29FN4O3S/c1-27-17-20-18-29-32(24-4-2-22(28)3-5-24)26(20)16-21(27)10-11-31(19-27)36(33,34)25-8-6-23(7-9-25)30-12-14-35-15-13-30/h2-9,16,18H,10-15,17,19H2,1H3. The van der Waals surface area contributed by atoms with Gasteiger partial charge in [0, 0.05) is 37.3 Å². The smallest absolute Gasteiger partial charge is 0.243 e. The van der Waals surface area contributed by atoms with Gasteiger partial charge in [0.05, 0.1) is 35.7 Å². The first-order valence-corrected chi connectivity index (χ1v) is 13.7. The highest BCUT2D eigenvalue weighted by Gasteiger charge is 2.43. The van der Waals surface area contributed by atoms with E-state index in [1.807, 2.05) is 23.0 Å². The van der Waals surface area contributed by atoms with Crippen LogP contribution >= 0.6 is 0 Å². The zero-order valence-corrected chi connectivity index (χ0v) is 21.0. The van der Waals surface area contributed by atoms with Crippen molar-refractivity contribution in [3.63, 3.8) is 0 Å². The zero-order valence-electron chi connectivity index (χ0n) is 20.2. The van der Waals surface area contributed by atoms with Gasteiger partial charge in [-0.05, 0) is 73.0 Å². The van der Waals surface area contributed by atoms with Crippen LogP contribution in [-0.4, -0.2) is 61.9 Å². The second-order valence-electron chi connectivity index (χ2n) is 10.0. The summed E-state index contributed by atoms with van der Waals surface area (Å²) in [5.74, 6) is -0.282. The van der Waals surface area contributed by atoms with Crippen molar-refractivity contribution in [2.24, 2.45) is 5.41 Å². The van der Waals surface area contributed by atoms with Crippen LogP contribution in [0.5, 0.6) is 0 Å². The molecule has 0 amide bonds. The molecule has 2 aliphatic heterocycles. The first kappa shape index (κ1) is 23.4. The Morgan fingerprint density at radius 2 is 1.67 bits per heavy atom. The minimum Gasteiger partial charge on any atom is -0.378 e. The molecule has 188 valence electrons. The van der Waals surface area contributed by atoms with Crippen LogP contribution in [0.15, 0.2) is 65.2 Å². The maximum Gasteiger partial charge on any atom is 0.243 e. The summed E-state index contributed by atoms with van der Waals surface area (Å²) >= 11 is 0. The minimum atomic E-state index is -3.61. The van der Waals surface area contributed by atoms with Gasteiger partial charge in [0.25, 0.3) is 0 Å². The topological polar surface area (TPSA) is 67.7 Å². The fourth-order valence-electron chi connectivity index (χ4n) is 5.59. The number of morpholine rings is 1. The number of nitrogens with zero attached hydrogens (tertiary/aromatic N) is 4. The molecule has 3 heterocycles. The van der Waals surface area contributed by atoms with E-state index in [-0.39, 0.29) is 11.2 Å². The Kier molecular flexibility index (Phi) is 5.74. The van der Waals surface area contributed by atoms with Gasteiger partial charge in [-0.15, -0.1) is 0 Å². The zero-order chi connectivity index (χ0) is 24.9. The number of anilines is 1. The van der Waals surface area contributed by atoms with Crippen molar-refractivity contribution in [1.29, 1.82) is 0 Å². The van der Waals surface area contributed by atoms with Crippen molar-refractivity contribution in [1.82, 2.24) is 14.1 Å². The highest BCUT2D eigenvalue weighted by atomic mass is 32.2. The third-order valence-corrected chi connectivity index (χ3v) is 9.49. The third kappa shape index (κ3) is 4.05. The fourth-order valence-corrected chi connectivity index (χ4v) is 7.16. The molecule has 0 spiro atoms. The molecule has 1 aliphatic carbocycles. The van der Waals surface area contributed by atoms with Crippen molar-refractivity contribution in [3.8, 4) is 5.69 Å². The van der Waals surface area contributed by atoms with Crippen molar-refractivity contribution < 1.29 is 17.5 Å². The van der Waals surface area contributed by atoms with Crippen molar-refractivity contribution >= 4 is 21.8 Å². The van der Waals surface area contributed by atoms with E-state index in [1.54, 1.807) is 28.6 Å². The van der Waals surface area contributed by atoms with Crippen LogP contribution in [0.1, 0.15) is 24.6 Å². The number of aromatic nitrogens is 2. The van der Waals surface area contributed by atoms with Gasteiger partial charge in [0.1, 0.15) is 5.82 Å². The Hall–Kier alpha value is -3.01. The summed E-state index contributed by atoms with van der Waals surface area (Å²) in [4.78, 5) is 2.54. The van der Waals surface area contributed by atoms with Crippen molar-refractivity contribution in [2.75, 3.05) is 44.3 Å². The second-order valence-corrected chi connectivity index (χ2v) is 12.0. The van der Waals surface area contributed by atoms with Gasteiger partial charge in [-0.2, -0.15) is 9.40 Å². The molecule has 0 bridgehead atoms. The molecule has 0 N–H and O–H groups in total. The average molecular weight is 509 g/mol. The lowest BCUT2D eigenvalue weighted by molar-refractivity contribution is 0.122. The van der Waals surface area contributed by atoms with Gasteiger partial charge >= 0.3 is 0 Å². The number of halogens is 1. The molecule has 1 aromatic heterocycles. The predicted octanol–water partition coefficient (Wildman–Crippen LogP) is 3.89. The van der Waals surface area contributed by atoms with Gasteiger partial charge in [0.15, 0.2) is 0 Å². The summed E-state index contributed by atoms with van der Waals surface area (Å²) < 4.78 is 49.4. The van der Waals surface area contributed by atoms with Crippen molar-refractivity contribution in [3.05, 3.63) is 77.4 Å². The molecule has 7 nitrogen and oxygen atoms in total. The van der Waals surface area contributed by atoms with E-state index in [4.69, 9.17) is 4.74 Å². The Bertz CT molecular complexity index is 1410. The molecular weight excluding hydrogens is 479 g/mol. The Balaban J connectivity index is 1.23. The summed E-state index contributed by atoms with van der Waals surface area (Å²) in [6, 6.07) is 13.5. The number of rotatable bonds is 4. The van der Waals surface area contributed by atoms with E-state index in [9.17, 15) is 12.8 Å². The third-order valence-electron chi connectivity index (χ3n) is 7.63. The Morgan fingerprint density at radius 1 is 0.972 bits per heavy atom.